The van der Waals surface area contributed by atoms with E-state index >= 15 is 0 Å². The molecule has 1 aliphatic heterocycles. The number of Topliss-reactive ketones (excluding diaryl/α,β-unsaturated/α-hetero) is 1. The van der Waals surface area contributed by atoms with Gasteiger partial charge in [-0.25, -0.2) is 9.59 Å². The van der Waals surface area contributed by atoms with Gasteiger partial charge in [0.1, 0.15) is 17.5 Å². The van der Waals surface area contributed by atoms with Crippen molar-refractivity contribution < 1.29 is 29.0 Å². The van der Waals surface area contributed by atoms with Crippen molar-refractivity contribution >= 4 is 17.8 Å². The van der Waals surface area contributed by atoms with Gasteiger partial charge in [0, 0.05) is 5.56 Å². The number of aliphatic carboxylic acids is 1. The Balaban J connectivity index is 1.89. The van der Waals surface area contributed by atoms with Gasteiger partial charge in [0.2, 0.25) is 0 Å². The number of rotatable bonds is 4. The van der Waals surface area contributed by atoms with Gasteiger partial charge >= 0.3 is 12.1 Å². The molecule has 7 nitrogen and oxygen atoms in total. The van der Waals surface area contributed by atoms with Gasteiger partial charge in [-0.3, -0.25) is 4.79 Å². The lowest BCUT2D eigenvalue weighted by Gasteiger charge is -2.39. The molecule has 0 atom stereocenters. The monoisotopic (exact) mass is 321 g/mol. The molecule has 1 heterocycles. The van der Waals surface area contributed by atoms with Gasteiger partial charge in [-0.05, 0) is 32.9 Å². The Morgan fingerprint density at radius 1 is 1.22 bits per heavy atom. The molecular weight excluding hydrogens is 302 g/mol. The highest BCUT2D eigenvalue weighted by molar-refractivity contribution is 6.39. The quantitative estimate of drug-likeness (QED) is 0.673. The Bertz CT molecular complexity index is 628. The smallest absolute Gasteiger partial charge is 0.410 e. The molecule has 1 aliphatic rings. The van der Waals surface area contributed by atoms with Crippen LogP contribution in [0.3, 0.4) is 0 Å². The maximum Gasteiger partial charge on any atom is 0.410 e. The van der Waals surface area contributed by atoms with Crippen LogP contribution >= 0.6 is 0 Å². The molecule has 1 amide bonds. The van der Waals surface area contributed by atoms with E-state index in [1.54, 1.807) is 32.9 Å². The summed E-state index contributed by atoms with van der Waals surface area (Å²) in [4.78, 5) is 35.4. The van der Waals surface area contributed by atoms with Crippen LogP contribution < -0.4 is 4.74 Å². The van der Waals surface area contributed by atoms with Gasteiger partial charge < -0.3 is 19.5 Å². The van der Waals surface area contributed by atoms with Gasteiger partial charge in [0.25, 0.3) is 5.78 Å². The van der Waals surface area contributed by atoms with Crippen LogP contribution in [-0.4, -0.2) is 52.6 Å². The van der Waals surface area contributed by atoms with Crippen molar-refractivity contribution in [1.29, 1.82) is 0 Å². The minimum atomic E-state index is -1.51. The second-order valence-corrected chi connectivity index (χ2v) is 6.29. The van der Waals surface area contributed by atoms with E-state index in [-0.39, 0.29) is 11.7 Å². The van der Waals surface area contributed by atoms with Crippen LogP contribution in [0.1, 0.15) is 31.1 Å². The Hall–Kier alpha value is -2.57. The molecule has 0 aromatic heterocycles. The SMILES string of the molecule is CC(C)(C)OC(=O)N1CC(Oc2cccc(C(=O)C(=O)O)c2)C1. The summed E-state index contributed by atoms with van der Waals surface area (Å²) >= 11 is 0. The first-order chi connectivity index (χ1) is 10.7. The minimum absolute atomic E-state index is 0.0540. The average molecular weight is 321 g/mol. The fraction of sp³-hybridized carbons (Fsp3) is 0.438. The van der Waals surface area contributed by atoms with Crippen LogP contribution in [0.15, 0.2) is 24.3 Å². The van der Waals surface area contributed by atoms with Gasteiger partial charge in [-0.15, -0.1) is 0 Å². The first kappa shape index (κ1) is 16.8. The Labute approximate surface area is 133 Å². The van der Waals surface area contributed by atoms with Crippen molar-refractivity contribution in [2.45, 2.75) is 32.5 Å². The van der Waals surface area contributed by atoms with Crippen molar-refractivity contribution in [2.75, 3.05) is 13.1 Å². The molecule has 1 aromatic carbocycles. The highest BCUT2D eigenvalue weighted by Crippen LogP contribution is 2.21. The van der Waals surface area contributed by atoms with Crippen LogP contribution in [0.4, 0.5) is 4.79 Å². The largest absolute Gasteiger partial charge is 0.487 e. The van der Waals surface area contributed by atoms with Crippen LogP contribution in [0, 0.1) is 0 Å². The number of nitrogens with zero attached hydrogens (tertiary/aromatic N) is 1. The van der Waals surface area contributed by atoms with Crippen molar-refractivity contribution in [3.05, 3.63) is 29.8 Å². The fourth-order valence-corrected chi connectivity index (χ4v) is 2.01. The summed E-state index contributed by atoms with van der Waals surface area (Å²) in [5.41, 5.74) is -0.493. The summed E-state index contributed by atoms with van der Waals surface area (Å²) in [6.45, 7) is 6.15. The van der Waals surface area contributed by atoms with Gasteiger partial charge in [-0.1, -0.05) is 12.1 Å². The maximum absolute atomic E-state index is 11.8. The predicted octanol–water partition coefficient (Wildman–Crippen LogP) is 1.95. The van der Waals surface area contributed by atoms with Gasteiger partial charge in [0.15, 0.2) is 0 Å². The number of hydrogen-bond acceptors (Lipinski definition) is 5. The van der Waals surface area contributed by atoms with E-state index < -0.39 is 23.4 Å². The molecule has 124 valence electrons. The Morgan fingerprint density at radius 2 is 1.87 bits per heavy atom. The molecule has 1 saturated heterocycles. The third-order valence-corrected chi connectivity index (χ3v) is 3.09. The fourth-order valence-electron chi connectivity index (χ4n) is 2.01. The third-order valence-electron chi connectivity index (χ3n) is 3.09. The van der Waals surface area contributed by atoms with Crippen molar-refractivity contribution in [2.24, 2.45) is 0 Å². The highest BCUT2D eigenvalue weighted by Gasteiger charge is 2.35. The molecule has 0 aliphatic carbocycles. The Morgan fingerprint density at radius 3 is 2.43 bits per heavy atom. The number of hydrogen-bond donors (Lipinski definition) is 1. The van der Waals surface area contributed by atoms with Crippen molar-refractivity contribution in [3.8, 4) is 5.75 Å². The van der Waals surface area contributed by atoms with E-state index in [0.29, 0.717) is 18.8 Å². The first-order valence-corrected chi connectivity index (χ1v) is 7.18. The van der Waals surface area contributed by atoms with Gasteiger partial charge in [0.05, 0.1) is 13.1 Å². The molecule has 0 bridgehead atoms. The number of amides is 1. The van der Waals surface area contributed by atoms with E-state index in [4.69, 9.17) is 14.6 Å². The summed E-state index contributed by atoms with van der Waals surface area (Å²) in [7, 11) is 0. The molecule has 1 N–H and O–H groups in total. The lowest BCUT2D eigenvalue weighted by molar-refractivity contribution is -0.131. The number of carboxylic acid groups (broad SMARTS) is 1. The zero-order chi connectivity index (χ0) is 17.2. The van der Waals surface area contributed by atoms with E-state index in [2.05, 4.69) is 0 Å². The highest BCUT2D eigenvalue weighted by atomic mass is 16.6. The minimum Gasteiger partial charge on any atom is -0.487 e. The predicted molar refractivity (Wildman–Crippen MR) is 80.6 cm³/mol. The van der Waals surface area contributed by atoms with E-state index in [1.807, 2.05) is 0 Å². The summed E-state index contributed by atoms with van der Waals surface area (Å²) in [6, 6.07) is 5.98. The number of carboxylic acids is 1. The number of ether oxygens (including phenoxy) is 2. The lowest BCUT2D eigenvalue weighted by Crippen LogP contribution is -2.57. The van der Waals surface area contributed by atoms with Crippen molar-refractivity contribution in [3.63, 3.8) is 0 Å². The summed E-state index contributed by atoms with van der Waals surface area (Å²) < 4.78 is 10.9. The summed E-state index contributed by atoms with van der Waals surface area (Å²) in [5.74, 6) is -2.10. The molecule has 0 spiro atoms. The van der Waals surface area contributed by atoms with Crippen LogP contribution in [0.5, 0.6) is 5.75 Å². The van der Waals surface area contributed by atoms with E-state index in [9.17, 15) is 14.4 Å². The topological polar surface area (TPSA) is 93.1 Å². The summed E-state index contributed by atoms with van der Waals surface area (Å²) in [6.07, 6.45) is -0.607. The van der Waals surface area contributed by atoms with Gasteiger partial charge in [-0.2, -0.15) is 0 Å². The molecule has 2 rings (SSSR count). The van der Waals surface area contributed by atoms with E-state index in [1.165, 1.54) is 17.0 Å². The molecule has 1 aromatic rings. The number of likely N-dealkylation sites (tertiary alicyclic amines) is 1. The number of benzene rings is 1. The molecule has 23 heavy (non-hydrogen) atoms. The molecule has 7 heteroatoms. The van der Waals surface area contributed by atoms with Crippen LogP contribution in [0.2, 0.25) is 0 Å². The average Bonchev–Trinajstić information content (AvgIpc) is 2.39. The number of ketones is 1. The number of carbonyl (C=O) groups is 3. The molecule has 0 saturated carbocycles. The second kappa shape index (κ2) is 6.28. The molecule has 1 fully saturated rings. The van der Waals surface area contributed by atoms with Crippen molar-refractivity contribution in [1.82, 2.24) is 4.90 Å². The second-order valence-electron chi connectivity index (χ2n) is 6.29. The molecule has 0 unspecified atom stereocenters. The summed E-state index contributed by atoms with van der Waals surface area (Å²) in [5, 5.41) is 8.71. The zero-order valence-electron chi connectivity index (χ0n) is 13.2. The van der Waals surface area contributed by atoms with Crippen LogP contribution in [-0.2, 0) is 9.53 Å². The molecule has 0 radical (unpaired) electrons. The zero-order valence-corrected chi connectivity index (χ0v) is 13.2. The maximum atomic E-state index is 11.8. The number of carbonyl (C=O) groups excluding carboxylic acids is 2. The lowest BCUT2D eigenvalue weighted by atomic mass is 10.1. The van der Waals surface area contributed by atoms with Crippen LogP contribution in [0.25, 0.3) is 0 Å². The van der Waals surface area contributed by atoms with E-state index in [0.717, 1.165) is 0 Å². The standard InChI is InChI=1S/C16H19NO6/c1-16(2,3)23-15(21)17-8-12(9-17)22-11-6-4-5-10(7-11)13(18)14(19)20/h4-7,12H,8-9H2,1-3H3,(H,19,20). The third kappa shape index (κ3) is 4.45. The normalized spacial score (nSPS) is 14.8. The Kier molecular flexibility index (Phi) is 4.58. The molecular formula is C16H19NO6. The first-order valence-electron chi connectivity index (χ1n) is 7.18.